The second kappa shape index (κ2) is 6.20. The fraction of sp³-hybridized carbons (Fsp3) is 0.143. The third-order valence-electron chi connectivity index (χ3n) is 2.58. The fourth-order valence-corrected chi connectivity index (χ4v) is 1.75. The fourth-order valence-electron chi connectivity index (χ4n) is 1.55. The van der Waals surface area contributed by atoms with E-state index >= 15 is 0 Å². The van der Waals surface area contributed by atoms with Gasteiger partial charge in [0.05, 0.1) is 0 Å². The van der Waals surface area contributed by atoms with Gasteiger partial charge in [-0.15, -0.1) is 0 Å². The topological polar surface area (TPSA) is 57.8 Å². The number of carbonyl (C=O) groups excluding carboxylic acids is 1. The lowest BCUT2D eigenvalue weighted by Gasteiger charge is -1.97. The molecule has 1 heterocycles. The maximum Gasteiger partial charge on any atom is 0.249 e. The lowest BCUT2D eigenvalue weighted by molar-refractivity contribution is -0.111. The molecule has 0 bridgehead atoms. The lowest BCUT2D eigenvalue weighted by atomic mass is 10.2. The van der Waals surface area contributed by atoms with E-state index in [1.54, 1.807) is 18.2 Å². The van der Waals surface area contributed by atoms with Crippen molar-refractivity contribution in [1.82, 2.24) is 10.2 Å². The summed E-state index contributed by atoms with van der Waals surface area (Å²) in [6.45, 7) is 2.01. The van der Waals surface area contributed by atoms with E-state index in [9.17, 15) is 4.79 Å². The molecule has 0 radical (unpaired) electrons. The number of amides is 1. The average Bonchev–Trinajstić information content (AvgIpc) is 2.85. The summed E-state index contributed by atoms with van der Waals surface area (Å²) in [5.41, 5.74) is 1.78. The number of nitrogens with one attached hydrogen (secondary N) is 2. The van der Waals surface area contributed by atoms with Crippen LogP contribution in [0.15, 0.2) is 36.4 Å². The number of hydrogen-bond donors (Lipinski definition) is 2. The van der Waals surface area contributed by atoms with Gasteiger partial charge in [-0.2, -0.15) is 5.10 Å². The van der Waals surface area contributed by atoms with Crippen LogP contribution in [0.2, 0.25) is 5.02 Å². The molecule has 0 spiro atoms. The van der Waals surface area contributed by atoms with Crippen molar-refractivity contribution in [2.24, 2.45) is 0 Å². The molecule has 1 amide bonds. The van der Waals surface area contributed by atoms with Crippen LogP contribution in [0.4, 0.5) is 5.82 Å². The summed E-state index contributed by atoms with van der Waals surface area (Å²) in [7, 11) is 0. The highest BCUT2D eigenvalue weighted by molar-refractivity contribution is 6.32. The lowest BCUT2D eigenvalue weighted by Crippen LogP contribution is -2.07. The Kier molecular flexibility index (Phi) is 4.36. The highest BCUT2D eigenvalue weighted by atomic mass is 35.5. The molecule has 0 aliphatic heterocycles. The van der Waals surface area contributed by atoms with Crippen molar-refractivity contribution < 1.29 is 4.79 Å². The van der Waals surface area contributed by atoms with E-state index in [4.69, 9.17) is 11.6 Å². The molecule has 5 heteroatoms. The summed E-state index contributed by atoms with van der Waals surface area (Å²) in [6.07, 6.45) is 3.95. The Morgan fingerprint density at radius 2 is 2.26 bits per heavy atom. The van der Waals surface area contributed by atoms with Gasteiger partial charge < -0.3 is 5.32 Å². The second-order valence-corrected chi connectivity index (χ2v) is 4.38. The summed E-state index contributed by atoms with van der Waals surface area (Å²) in [6, 6.07) is 9.14. The van der Waals surface area contributed by atoms with E-state index in [1.165, 1.54) is 6.08 Å². The first-order valence-electron chi connectivity index (χ1n) is 5.97. The van der Waals surface area contributed by atoms with Crippen molar-refractivity contribution in [2.75, 3.05) is 5.32 Å². The van der Waals surface area contributed by atoms with Crippen molar-refractivity contribution in [3.05, 3.63) is 52.7 Å². The van der Waals surface area contributed by atoms with Gasteiger partial charge in [-0.1, -0.05) is 36.7 Å². The zero-order valence-electron chi connectivity index (χ0n) is 10.5. The Labute approximate surface area is 116 Å². The van der Waals surface area contributed by atoms with Crippen molar-refractivity contribution in [3.63, 3.8) is 0 Å². The van der Waals surface area contributed by atoms with Crippen molar-refractivity contribution in [3.8, 4) is 0 Å². The number of carbonyl (C=O) groups is 1. The predicted molar refractivity (Wildman–Crippen MR) is 77.1 cm³/mol. The number of anilines is 1. The molecule has 0 saturated heterocycles. The molecule has 2 rings (SSSR count). The smallest absolute Gasteiger partial charge is 0.249 e. The quantitative estimate of drug-likeness (QED) is 0.842. The van der Waals surface area contributed by atoms with Crippen LogP contribution in [0.1, 0.15) is 18.2 Å². The first kappa shape index (κ1) is 13.4. The molecule has 0 fully saturated rings. The number of rotatable bonds is 4. The maximum atomic E-state index is 11.7. The number of aryl methyl sites for hydroxylation is 1. The van der Waals surface area contributed by atoms with Crippen LogP contribution in [-0.4, -0.2) is 16.1 Å². The van der Waals surface area contributed by atoms with Crippen LogP contribution in [0, 0.1) is 0 Å². The van der Waals surface area contributed by atoms with E-state index in [0.29, 0.717) is 10.8 Å². The summed E-state index contributed by atoms with van der Waals surface area (Å²) >= 11 is 5.99. The van der Waals surface area contributed by atoms with Gasteiger partial charge in [0.15, 0.2) is 5.82 Å². The molecule has 2 aromatic rings. The SMILES string of the molecule is CCc1cc(NC(=O)/C=C/c2ccccc2Cl)n[nH]1. The van der Waals surface area contributed by atoms with E-state index in [1.807, 2.05) is 25.1 Å². The van der Waals surface area contributed by atoms with E-state index in [2.05, 4.69) is 15.5 Å². The monoisotopic (exact) mass is 275 g/mol. The van der Waals surface area contributed by atoms with Crippen molar-refractivity contribution >= 4 is 29.4 Å². The molecule has 4 nitrogen and oxygen atoms in total. The third-order valence-corrected chi connectivity index (χ3v) is 2.93. The number of halogens is 1. The molecular formula is C14H14ClN3O. The minimum atomic E-state index is -0.242. The van der Waals surface area contributed by atoms with Crippen LogP contribution in [-0.2, 0) is 11.2 Å². The number of aromatic amines is 1. The van der Waals surface area contributed by atoms with Gasteiger partial charge >= 0.3 is 0 Å². The molecule has 0 aliphatic rings. The first-order valence-corrected chi connectivity index (χ1v) is 6.34. The summed E-state index contributed by atoms with van der Waals surface area (Å²) in [4.78, 5) is 11.7. The summed E-state index contributed by atoms with van der Waals surface area (Å²) < 4.78 is 0. The van der Waals surface area contributed by atoms with E-state index in [0.717, 1.165) is 17.7 Å². The number of hydrogen-bond acceptors (Lipinski definition) is 2. The van der Waals surface area contributed by atoms with E-state index in [-0.39, 0.29) is 5.91 Å². The Morgan fingerprint density at radius 1 is 1.47 bits per heavy atom. The van der Waals surface area contributed by atoms with E-state index < -0.39 is 0 Å². The molecular weight excluding hydrogens is 262 g/mol. The molecule has 19 heavy (non-hydrogen) atoms. The van der Waals surface area contributed by atoms with Crippen LogP contribution in [0.3, 0.4) is 0 Å². The van der Waals surface area contributed by atoms with Gasteiger partial charge in [0.1, 0.15) is 0 Å². The van der Waals surface area contributed by atoms with Crippen LogP contribution in [0.25, 0.3) is 6.08 Å². The summed E-state index contributed by atoms with van der Waals surface area (Å²) in [5, 5.41) is 10.1. The molecule has 1 aromatic heterocycles. The zero-order valence-corrected chi connectivity index (χ0v) is 11.2. The molecule has 1 aromatic carbocycles. The Hall–Kier alpha value is -2.07. The molecule has 98 valence electrons. The Balaban J connectivity index is 1.99. The standard InChI is InChI=1S/C14H14ClN3O/c1-2-11-9-13(18-17-11)16-14(19)8-7-10-5-3-4-6-12(10)15/h3-9H,2H2,1H3,(H2,16,17,18,19)/b8-7+. The van der Waals surface area contributed by atoms with Gasteiger partial charge in [-0.3, -0.25) is 9.89 Å². The van der Waals surface area contributed by atoms with Crippen molar-refractivity contribution in [2.45, 2.75) is 13.3 Å². The average molecular weight is 276 g/mol. The number of aromatic nitrogens is 2. The largest absolute Gasteiger partial charge is 0.306 e. The van der Waals surface area contributed by atoms with Gasteiger partial charge in [0.25, 0.3) is 0 Å². The number of nitrogens with zero attached hydrogens (tertiary/aromatic N) is 1. The second-order valence-electron chi connectivity index (χ2n) is 3.98. The maximum absolute atomic E-state index is 11.7. The van der Waals surface area contributed by atoms with Gasteiger partial charge in [0, 0.05) is 22.9 Å². The minimum absolute atomic E-state index is 0.242. The zero-order chi connectivity index (χ0) is 13.7. The van der Waals surface area contributed by atoms with Crippen LogP contribution >= 0.6 is 11.6 Å². The number of benzene rings is 1. The highest BCUT2D eigenvalue weighted by Crippen LogP contribution is 2.16. The van der Waals surface area contributed by atoms with Gasteiger partial charge in [-0.25, -0.2) is 0 Å². The van der Waals surface area contributed by atoms with Gasteiger partial charge in [-0.05, 0) is 24.1 Å². The molecule has 2 N–H and O–H groups in total. The summed E-state index contributed by atoms with van der Waals surface area (Å²) in [5.74, 6) is 0.278. The highest BCUT2D eigenvalue weighted by Gasteiger charge is 2.02. The molecule has 0 saturated carbocycles. The van der Waals surface area contributed by atoms with Gasteiger partial charge in [0.2, 0.25) is 5.91 Å². The molecule has 0 atom stereocenters. The predicted octanol–water partition coefficient (Wildman–Crippen LogP) is 3.28. The van der Waals surface area contributed by atoms with Crippen molar-refractivity contribution in [1.29, 1.82) is 0 Å². The Morgan fingerprint density at radius 3 is 2.95 bits per heavy atom. The first-order chi connectivity index (χ1) is 9.19. The normalized spacial score (nSPS) is 10.8. The molecule has 0 aliphatic carbocycles. The van der Waals surface area contributed by atoms with Crippen LogP contribution in [0.5, 0.6) is 0 Å². The number of H-pyrrole nitrogens is 1. The van der Waals surface area contributed by atoms with Crippen LogP contribution < -0.4 is 5.32 Å². The molecule has 0 unspecified atom stereocenters. The Bertz CT molecular complexity index is 604. The third kappa shape index (κ3) is 3.69. The minimum Gasteiger partial charge on any atom is -0.306 e.